The molecule has 1 rings (SSSR count). The molecule has 0 unspecified atom stereocenters. The quantitative estimate of drug-likeness (QED) is 0.679. The van der Waals surface area contributed by atoms with Crippen LogP contribution in [0.25, 0.3) is 0 Å². The molecule has 0 fully saturated rings. The number of aliphatic hydroxyl groups excluding tert-OH is 2. The van der Waals surface area contributed by atoms with Crippen LogP contribution >= 0.6 is 0 Å². The van der Waals surface area contributed by atoms with Crippen LogP contribution in [-0.4, -0.2) is 30.5 Å². The largest absolute Gasteiger partial charge is 0.497 e. The number of ether oxygens (including phenoxy) is 2. The molecule has 0 bridgehead atoms. The van der Waals surface area contributed by atoms with Crippen molar-refractivity contribution >= 4 is 0 Å². The lowest BCUT2D eigenvalue weighted by molar-refractivity contribution is 0.251. The highest BCUT2D eigenvalue weighted by Gasteiger charge is 2.04. The molecule has 0 aromatic heterocycles. The Morgan fingerprint density at radius 3 is 2.59 bits per heavy atom. The van der Waals surface area contributed by atoms with Gasteiger partial charge in [0.15, 0.2) is 0 Å². The molecule has 0 atom stereocenters. The van der Waals surface area contributed by atoms with Crippen LogP contribution in [-0.2, 0) is 6.61 Å². The maximum atomic E-state index is 9.21. The Bertz CT molecular complexity index is 325. The van der Waals surface area contributed by atoms with Crippen LogP contribution < -0.4 is 9.47 Å². The lowest BCUT2D eigenvalue weighted by Crippen LogP contribution is -2.01. The summed E-state index contributed by atoms with van der Waals surface area (Å²) in [5.74, 6) is 1.40. The number of aliphatic hydroxyl groups is 2. The summed E-state index contributed by atoms with van der Waals surface area (Å²) < 4.78 is 10.7. The molecule has 0 amide bonds. The monoisotopic (exact) mass is 240 g/mol. The zero-order valence-corrected chi connectivity index (χ0v) is 10.2. The first-order chi connectivity index (χ1) is 8.31. The van der Waals surface area contributed by atoms with Crippen LogP contribution in [0.4, 0.5) is 0 Å². The van der Waals surface area contributed by atoms with Gasteiger partial charge in [0.1, 0.15) is 11.5 Å². The van der Waals surface area contributed by atoms with Crippen molar-refractivity contribution in [2.45, 2.75) is 25.9 Å². The molecule has 0 heterocycles. The minimum atomic E-state index is -0.0663. The average molecular weight is 240 g/mol. The predicted octanol–water partition coefficient (Wildman–Crippen LogP) is 1.73. The first-order valence-electron chi connectivity index (χ1n) is 5.83. The Hall–Kier alpha value is -1.26. The molecule has 0 aliphatic carbocycles. The summed E-state index contributed by atoms with van der Waals surface area (Å²) in [4.78, 5) is 0. The van der Waals surface area contributed by atoms with Gasteiger partial charge in [0.25, 0.3) is 0 Å². The van der Waals surface area contributed by atoms with Crippen LogP contribution in [0.1, 0.15) is 24.8 Å². The van der Waals surface area contributed by atoms with Gasteiger partial charge in [-0.1, -0.05) is 0 Å². The third-order valence-corrected chi connectivity index (χ3v) is 2.50. The predicted molar refractivity (Wildman–Crippen MR) is 65.3 cm³/mol. The SMILES string of the molecule is COc1ccc(OCCCCCO)c(CO)c1. The van der Waals surface area contributed by atoms with Gasteiger partial charge in [-0.25, -0.2) is 0 Å². The van der Waals surface area contributed by atoms with E-state index in [4.69, 9.17) is 14.6 Å². The van der Waals surface area contributed by atoms with Crippen LogP contribution in [0.5, 0.6) is 11.5 Å². The highest BCUT2D eigenvalue weighted by molar-refractivity contribution is 5.39. The normalized spacial score (nSPS) is 10.3. The Morgan fingerprint density at radius 2 is 1.94 bits per heavy atom. The summed E-state index contributed by atoms with van der Waals surface area (Å²) in [6, 6.07) is 5.38. The molecule has 2 N–H and O–H groups in total. The van der Waals surface area contributed by atoms with Gasteiger partial charge >= 0.3 is 0 Å². The van der Waals surface area contributed by atoms with Crippen molar-refractivity contribution in [1.82, 2.24) is 0 Å². The number of unbranched alkanes of at least 4 members (excludes halogenated alkanes) is 2. The van der Waals surface area contributed by atoms with Gasteiger partial charge in [-0.3, -0.25) is 0 Å². The van der Waals surface area contributed by atoms with Crippen molar-refractivity contribution < 1.29 is 19.7 Å². The molecule has 1 aromatic carbocycles. The van der Waals surface area contributed by atoms with Crippen molar-refractivity contribution in [1.29, 1.82) is 0 Å². The molecule has 0 aliphatic heterocycles. The van der Waals surface area contributed by atoms with Gasteiger partial charge in [-0.15, -0.1) is 0 Å². The van der Waals surface area contributed by atoms with E-state index in [0.29, 0.717) is 18.1 Å². The highest BCUT2D eigenvalue weighted by Crippen LogP contribution is 2.24. The first kappa shape index (κ1) is 13.8. The molecule has 4 nitrogen and oxygen atoms in total. The minimum absolute atomic E-state index is 0.0663. The van der Waals surface area contributed by atoms with E-state index in [1.165, 1.54) is 0 Å². The molecule has 0 saturated heterocycles. The summed E-state index contributed by atoms with van der Waals surface area (Å²) in [6.45, 7) is 0.757. The molecule has 0 aliphatic rings. The Kier molecular flexibility index (Phi) is 6.43. The van der Waals surface area contributed by atoms with Gasteiger partial charge in [0.2, 0.25) is 0 Å². The fourth-order valence-corrected chi connectivity index (χ4v) is 1.52. The van der Waals surface area contributed by atoms with Gasteiger partial charge in [-0.2, -0.15) is 0 Å². The minimum Gasteiger partial charge on any atom is -0.497 e. The Morgan fingerprint density at radius 1 is 1.12 bits per heavy atom. The Balaban J connectivity index is 2.46. The van der Waals surface area contributed by atoms with E-state index in [-0.39, 0.29) is 13.2 Å². The highest BCUT2D eigenvalue weighted by atomic mass is 16.5. The molecule has 0 spiro atoms. The topological polar surface area (TPSA) is 58.9 Å². The zero-order chi connectivity index (χ0) is 12.5. The lowest BCUT2D eigenvalue weighted by atomic mass is 10.2. The maximum absolute atomic E-state index is 9.21. The van der Waals surface area contributed by atoms with Gasteiger partial charge in [0, 0.05) is 12.2 Å². The molecule has 17 heavy (non-hydrogen) atoms. The van der Waals surface area contributed by atoms with Gasteiger partial charge < -0.3 is 19.7 Å². The summed E-state index contributed by atoms with van der Waals surface area (Å²) in [5, 5.41) is 17.8. The number of hydrogen-bond donors (Lipinski definition) is 2. The van der Waals surface area contributed by atoms with Crippen LogP contribution in [0.15, 0.2) is 18.2 Å². The molecule has 4 heteroatoms. The second-order valence-electron chi connectivity index (χ2n) is 3.76. The lowest BCUT2D eigenvalue weighted by Gasteiger charge is -2.11. The summed E-state index contributed by atoms with van der Waals surface area (Å²) in [6.07, 6.45) is 2.65. The van der Waals surface area contributed by atoms with Crippen LogP contribution in [0, 0.1) is 0 Å². The third kappa shape index (κ3) is 4.63. The number of hydrogen-bond acceptors (Lipinski definition) is 4. The fraction of sp³-hybridized carbons (Fsp3) is 0.538. The van der Waals surface area contributed by atoms with E-state index < -0.39 is 0 Å². The average Bonchev–Trinajstić information content (AvgIpc) is 2.38. The number of benzene rings is 1. The molecular weight excluding hydrogens is 220 g/mol. The summed E-state index contributed by atoms with van der Waals surface area (Å²) in [7, 11) is 1.59. The molecular formula is C13H20O4. The van der Waals surface area contributed by atoms with E-state index in [2.05, 4.69) is 0 Å². The van der Waals surface area contributed by atoms with E-state index in [1.54, 1.807) is 19.2 Å². The third-order valence-electron chi connectivity index (χ3n) is 2.50. The van der Waals surface area contributed by atoms with E-state index >= 15 is 0 Å². The fourth-order valence-electron chi connectivity index (χ4n) is 1.52. The van der Waals surface area contributed by atoms with Crippen molar-refractivity contribution in [3.05, 3.63) is 23.8 Å². The Labute approximate surface area is 102 Å². The molecule has 0 radical (unpaired) electrons. The van der Waals surface area contributed by atoms with E-state index in [0.717, 1.165) is 24.8 Å². The maximum Gasteiger partial charge on any atom is 0.125 e. The summed E-state index contributed by atoms with van der Waals surface area (Å²) >= 11 is 0. The van der Waals surface area contributed by atoms with Gasteiger partial charge in [0.05, 0.1) is 20.3 Å². The van der Waals surface area contributed by atoms with Crippen molar-refractivity contribution in [2.75, 3.05) is 20.3 Å². The molecule has 96 valence electrons. The number of rotatable bonds is 8. The standard InChI is InChI=1S/C13H20O4/c1-16-12-5-6-13(11(9-12)10-15)17-8-4-2-3-7-14/h5-6,9,14-15H,2-4,7-8,10H2,1H3. The van der Waals surface area contributed by atoms with E-state index in [9.17, 15) is 5.11 Å². The van der Waals surface area contributed by atoms with E-state index in [1.807, 2.05) is 6.07 Å². The second kappa shape index (κ2) is 7.92. The van der Waals surface area contributed by atoms with Crippen LogP contribution in [0.2, 0.25) is 0 Å². The van der Waals surface area contributed by atoms with Crippen molar-refractivity contribution in [3.8, 4) is 11.5 Å². The molecule has 1 aromatic rings. The second-order valence-corrected chi connectivity index (χ2v) is 3.76. The number of methoxy groups -OCH3 is 1. The smallest absolute Gasteiger partial charge is 0.125 e. The van der Waals surface area contributed by atoms with Crippen molar-refractivity contribution in [3.63, 3.8) is 0 Å². The van der Waals surface area contributed by atoms with Gasteiger partial charge in [-0.05, 0) is 37.5 Å². The van der Waals surface area contributed by atoms with Crippen LogP contribution in [0.3, 0.4) is 0 Å². The van der Waals surface area contributed by atoms with Crippen molar-refractivity contribution in [2.24, 2.45) is 0 Å². The first-order valence-corrected chi connectivity index (χ1v) is 5.83. The molecule has 0 saturated carbocycles. The summed E-state index contributed by atoms with van der Waals surface area (Å²) in [5.41, 5.74) is 0.728. The zero-order valence-electron chi connectivity index (χ0n) is 10.2.